The van der Waals surface area contributed by atoms with E-state index in [0.29, 0.717) is 5.56 Å². The van der Waals surface area contributed by atoms with Crippen molar-refractivity contribution < 1.29 is 14.6 Å². The fourth-order valence-corrected chi connectivity index (χ4v) is 5.29. The van der Waals surface area contributed by atoms with Gasteiger partial charge < -0.3 is 9.84 Å². The van der Waals surface area contributed by atoms with Gasteiger partial charge in [0.15, 0.2) is 0 Å². The number of benzene rings is 1. The third kappa shape index (κ3) is 13.3. The number of esters is 1. The van der Waals surface area contributed by atoms with Gasteiger partial charge in [-0.1, -0.05) is 144 Å². The van der Waals surface area contributed by atoms with Crippen molar-refractivity contribution >= 4 is 5.97 Å². The Morgan fingerprint density at radius 1 is 0.722 bits per heavy atom. The minimum absolute atomic E-state index is 0.00979. The smallest absolute Gasteiger partial charge is 0.338 e. The van der Waals surface area contributed by atoms with Gasteiger partial charge in [0.05, 0.1) is 18.3 Å². The number of carbonyl (C=O) groups is 1. The number of ether oxygens (including phenoxy) is 1. The molecule has 0 saturated heterocycles. The standard InChI is InChI=1S/C33H58O3/c1-8-9-10-11-12-13-14-15-16-17-18-22-25-28(32(2,3)4)30(34)29(33(5,6)7)26-36-31(35)27-23-20-19-21-24-27/h19-21,23-24,28-30,34H,8-18,22,25-26H2,1-7H3. The lowest BCUT2D eigenvalue weighted by molar-refractivity contribution is -0.0650. The summed E-state index contributed by atoms with van der Waals surface area (Å²) in [4.78, 5) is 12.6. The normalized spacial score (nSPS) is 14.9. The van der Waals surface area contributed by atoms with E-state index in [2.05, 4.69) is 48.5 Å². The number of hydrogen-bond donors (Lipinski definition) is 1. The molecule has 0 heterocycles. The molecule has 1 aromatic rings. The molecule has 3 nitrogen and oxygen atoms in total. The molecule has 0 aromatic heterocycles. The second kappa shape index (κ2) is 17.2. The molecule has 0 aliphatic carbocycles. The molecule has 1 aromatic carbocycles. The van der Waals surface area contributed by atoms with Gasteiger partial charge in [-0.05, 0) is 35.3 Å². The van der Waals surface area contributed by atoms with Gasteiger partial charge in [-0.3, -0.25) is 0 Å². The fraction of sp³-hybridized carbons (Fsp3) is 0.788. The van der Waals surface area contributed by atoms with Crippen molar-refractivity contribution in [3.05, 3.63) is 35.9 Å². The predicted molar refractivity (Wildman–Crippen MR) is 154 cm³/mol. The van der Waals surface area contributed by atoms with Crippen LogP contribution in [0.2, 0.25) is 0 Å². The predicted octanol–water partition coefficient (Wildman–Crippen LogP) is 9.62. The Morgan fingerprint density at radius 2 is 1.17 bits per heavy atom. The van der Waals surface area contributed by atoms with E-state index in [1.54, 1.807) is 12.1 Å². The van der Waals surface area contributed by atoms with Gasteiger partial charge in [-0.15, -0.1) is 0 Å². The molecular formula is C33H58O3. The molecule has 0 aliphatic rings. The third-order valence-electron chi connectivity index (χ3n) is 7.82. The molecule has 0 fully saturated rings. The van der Waals surface area contributed by atoms with Crippen molar-refractivity contribution in [2.45, 2.75) is 138 Å². The molecule has 0 bridgehead atoms. The lowest BCUT2D eigenvalue weighted by Gasteiger charge is -2.42. The van der Waals surface area contributed by atoms with Gasteiger partial charge in [-0.2, -0.15) is 0 Å². The van der Waals surface area contributed by atoms with Crippen LogP contribution in [0.15, 0.2) is 30.3 Å². The minimum Gasteiger partial charge on any atom is -0.462 e. The Kier molecular flexibility index (Phi) is 15.6. The number of unbranched alkanes of at least 4 members (excludes halogenated alkanes) is 11. The first-order valence-electron chi connectivity index (χ1n) is 14.9. The first kappa shape index (κ1) is 32.7. The summed E-state index contributed by atoms with van der Waals surface area (Å²) >= 11 is 0. The van der Waals surface area contributed by atoms with E-state index in [-0.39, 0.29) is 35.2 Å². The number of rotatable bonds is 18. The Hall–Kier alpha value is -1.35. The summed E-state index contributed by atoms with van der Waals surface area (Å²) in [6.07, 6.45) is 16.6. The topological polar surface area (TPSA) is 46.5 Å². The molecule has 3 heteroatoms. The van der Waals surface area contributed by atoms with Gasteiger partial charge in [0.25, 0.3) is 0 Å². The number of hydrogen-bond acceptors (Lipinski definition) is 3. The largest absolute Gasteiger partial charge is 0.462 e. The Morgan fingerprint density at radius 3 is 1.61 bits per heavy atom. The van der Waals surface area contributed by atoms with Crippen LogP contribution in [0.3, 0.4) is 0 Å². The molecule has 0 amide bonds. The summed E-state index contributed by atoms with van der Waals surface area (Å²) < 4.78 is 5.72. The molecule has 1 N–H and O–H groups in total. The first-order valence-corrected chi connectivity index (χ1v) is 14.9. The maximum atomic E-state index is 12.6. The molecular weight excluding hydrogens is 444 g/mol. The number of carbonyl (C=O) groups excluding carboxylic acids is 1. The Labute approximate surface area is 223 Å². The van der Waals surface area contributed by atoms with Crippen LogP contribution in [0.1, 0.15) is 142 Å². The van der Waals surface area contributed by atoms with Gasteiger partial charge >= 0.3 is 5.97 Å². The van der Waals surface area contributed by atoms with Crippen LogP contribution in [0, 0.1) is 22.7 Å². The molecule has 36 heavy (non-hydrogen) atoms. The SMILES string of the molecule is CCCCCCCCCCCCCCC(C(O)C(COC(=O)c1ccccc1)C(C)(C)C)C(C)(C)C. The van der Waals surface area contributed by atoms with Gasteiger partial charge in [0.2, 0.25) is 0 Å². The second-order valence-electron chi connectivity index (χ2n) is 13.1. The quantitative estimate of drug-likeness (QED) is 0.160. The fourth-order valence-electron chi connectivity index (χ4n) is 5.29. The van der Waals surface area contributed by atoms with E-state index in [1.165, 1.54) is 70.6 Å². The van der Waals surface area contributed by atoms with Crippen LogP contribution in [0.25, 0.3) is 0 Å². The third-order valence-corrected chi connectivity index (χ3v) is 7.82. The number of aliphatic hydroxyl groups is 1. The molecule has 208 valence electrons. The van der Waals surface area contributed by atoms with Crippen LogP contribution in [0.5, 0.6) is 0 Å². The van der Waals surface area contributed by atoms with Crippen molar-refractivity contribution in [3.8, 4) is 0 Å². The van der Waals surface area contributed by atoms with Crippen LogP contribution < -0.4 is 0 Å². The first-order chi connectivity index (χ1) is 17.0. The van der Waals surface area contributed by atoms with Crippen LogP contribution in [-0.4, -0.2) is 23.8 Å². The zero-order chi connectivity index (χ0) is 27.0. The van der Waals surface area contributed by atoms with E-state index < -0.39 is 6.10 Å². The van der Waals surface area contributed by atoms with Crippen LogP contribution >= 0.6 is 0 Å². The molecule has 0 spiro atoms. The van der Waals surface area contributed by atoms with Gasteiger partial charge in [-0.25, -0.2) is 4.79 Å². The molecule has 0 aliphatic heterocycles. The highest BCUT2D eigenvalue weighted by Crippen LogP contribution is 2.41. The number of aliphatic hydroxyl groups excluding tert-OH is 1. The van der Waals surface area contributed by atoms with Crippen molar-refractivity contribution in [2.24, 2.45) is 22.7 Å². The highest BCUT2D eigenvalue weighted by Gasteiger charge is 2.40. The average molecular weight is 503 g/mol. The van der Waals surface area contributed by atoms with E-state index in [9.17, 15) is 9.90 Å². The molecule has 0 radical (unpaired) electrons. The summed E-state index contributed by atoms with van der Waals surface area (Å²) in [6.45, 7) is 15.6. The highest BCUT2D eigenvalue weighted by molar-refractivity contribution is 5.89. The second-order valence-corrected chi connectivity index (χ2v) is 13.1. The molecule has 0 saturated carbocycles. The zero-order valence-corrected chi connectivity index (χ0v) is 24.8. The van der Waals surface area contributed by atoms with Crippen molar-refractivity contribution in [2.75, 3.05) is 6.61 Å². The Balaban J connectivity index is 2.51. The summed E-state index contributed by atoms with van der Waals surface area (Å²) in [5.74, 6) is -0.266. The van der Waals surface area contributed by atoms with Crippen molar-refractivity contribution in [1.29, 1.82) is 0 Å². The van der Waals surface area contributed by atoms with E-state index in [4.69, 9.17) is 4.74 Å². The van der Waals surface area contributed by atoms with E-state index in [0.717, 1.165) is 12.8 Å². The zero-order valence-electron chi connectivity index (χ0n) is 24.8. The van der Waals surface area contributed by atoms with E-state index >= 15 is 0 Å². The Bertz CT molecular complexity index is 683. The van der Waals surface area contributed by atoms with Crippen LogP contribution in [-0.2, 0) is 4.74 Å². The summed E-state index contributed by atoms with van der Waals surface area (Å²) in [6, 6.07) is 9.13. The molecule has 1 rings (SSSR count). The summed E-state index contributed by atoms with van der Waals surface area (Å²) in [5.41, 5.74) is 0.379. The average Bonchev–Trinajstić information content (AvgIpc) is 2.80. The van der Waals surface area contributed by atoms with E-state index in [1.807, 2.05) is 18.2 Å². The van der Waals surface area contributed by atoms with Crippen molar-refractivity contribution in [3.63, 3.8) is 0 Å². The van der Waals surface area contributed by atoms with Gasteiger partial charge in [0, 0.05) is 5.92 Å². The summed E-state index contributed by atoms with van der Waals surface area (Å²) in [7, 11) is 0. The molecule has 3 unspecified atom stereocenters. The molecule has 3 atom stereocenters. The summed E-state index contributed by atoms with van der Waals surface area (Å²) in [5, 5.41) is 11.6. The monoisotopic (exact) mass is 502 g/mol. The van der Waals surface area contributed by atoms with Gasteiger partial charge in [0.1, 0.15) is 0 Å². The van der Waals surface area contributed by atoms with Crippen LogP contribution in [0.4, 0.5) is 0 Å². The highest BCUT2D eigenvalue weighted by atomic mass is 16.5. The lowest BCUT2D eigenvalue weighted by atomic mass is 9.66. The maximum absolute atomic E-state index is 12.6. The lowest BCUT2D eigenvalue weighted by Crippen LogP contribution is -2.44. The van der Waals surface area contributed by atoms with Crippen molar-refractivity contribution in [1.82, 2.24) is 0 Å². The maximum Gasteiger partial charge on any atom is 0.338 e. The minimum atomic E-state index is -0.513.